The molecule has 0 amide bonds. The summed E-state index contributed by atoms with van der Waals surface area (Å²) in [6, 6.07) is 0. The molecule has 0 saturated heterocycles. The van der Waals surface area contributed by atoms with E-state index in [0.717, 1.165) is 16.6 Å². The fourth-order valence-corrected chi connectivity index (χ4v) is 0.817. The van der Waals surface area contributed by atoms with Crippen LogP contribution in [-0.4, -0.2) is 0 Å². The monoisotopic (exact) mass is 159 g/mol. The molecule has 2 heteroatoms. The van der Waals surface area contributed by atoms with Gasteiger partial charge in [-0.2, -0.15) is 0 Å². The third kappa shape index (κ3) is 0.855. The van der Waals surface area contributed by atoms with Crippen LogP contribution in [0.2, 0.25) is 0 Å². The topological polar surface area (TPSA) is 26.0 Å². The average molecular weight is 160 g/mol. The van der Waals surface area contributed by atoms with E-state index in [1.807, 2.05) is 12.2 Å². The molecule has 0 saturated carbocycles. The van der Waals surface area contributed by atoms with Crippen molar-refractivity contribution in [3.8, 4) is 0 Å². The maximum Gasteiger partial charge on any atom is 0.0417 e. The Balaban J connectivity index is 2.79. The van der Waals surface area contributed by atoms with Gasteiger partial charge in [0.1, 0.15) is 0 Å². The Hall–Kier alpha value is -0.240. The van der Waals surface area contributed by atoms with Crippen LogP contribution in [0, 0.1) is 0 Å². The van der Waals surface area contributed by atoms with Crippen molar-refractivity contribution < 1.29 is 0 Å². The molecule has 0 atom stereocenters. The van der Waals surface area contributed by atoms with E-state index < -0.39 is 0 Å². The summed E-state index contributed by atoms with van der Waals surface area (Å²) in [6.07, 6.45) is 4.90. The van der Waals surface area contributed by atoms with Crippen molar-refractivity contribution in [3.63, 3.8) is 0 Å². The molecule has 1 aliphatic rings. The molecule has 0 aromatic heterocycles. The fourth-order valence-electron chi connectivity index (χ4n) is 0.498. The predicted octanol–water partition coefficient (Wildman–Crippen LogP) is 1.51. The van der Waals surface area contributed by atoms with E-state index in [0.29, 0.717) is 0 Å². The number of nitrogens with two attached hydrogens (primary N) is 1. The summed E-state index contributed by atoms with van der Waals surface area (Å²) in [4.78, 5) is 0. The van der Waals surface area contributed by atoms with Crippen LogP contribution >= 0.6 is 15.9 Å². The second kappa shape index (κ2) is 1.70. The lowest BCUT2D eigenvalue weighted by Crippen LogP contribution is -1.89. The van der Waals surface area contributed by atoms with E-state index in [1.165, 1.54) is 0 Å². The average Bonchev–Trinajstić information content (AvgIpc) is 1.91. The third-order valence-corrected chi connectivity index (χ3v) is 1.69. The summed E-state index contributed by atoms with van der Waals surface area (Å²) >= 11 is 3.30. The number of hydrogen-bond acceptors (Lipinski definition) is 1. The summed E-state index contributed by atoms with van der Waals surface area (Å²) in [7, 11) is 0. The summed E-state index contributed by atoms with van der Waals surface area (Å²) in [5.74, 6) is 0. The van der Waals surface area contributed by atoms with Gasteiger partial charge >= 0.3 is 0 Å². The normalized spacial score (nSPS) is 19.0. The largest absolute Gasteiger partial charge is 0.398 e. The zero-order valence-corrected chi connectivity index (χ0v) is 5.40. The molecule has 0 bridgehead atoms. The molecule has 0 aromatic carbocycles. The molecule has 0 unspecified atom stereocenters. The fraction of sp³-hybridized carbons (Fsp3) is 0.200. The number of allylic oxidation sites excluding steroid dienone is 3. The minimum Gasteiger partial charge on any atom is -0.398 e. The van der Waals surface area contributed by atoms with Crippen molar-refractivity contribution >= 4 is 15.9 Å². The molecule has 0 heterocycles. The van der Waals surface area contributed by atoms with E-state index in [1.54, 1.807) is 0 Å². The first-order valence-electron chi connectivity index (χ1n) is 2.11. The van der Waals surface area contributed by atoms with Gasteiger partial charge in [0.25, 0.3) is 0 Å². The standard InChI is InChI=1S/C5H6BrN/c6-4-2-1-3-5(4)7/h1,3H,2,7H2. The maximum absolute atomic E-state index is 5.42. The highest BCUT2D eigenvalue weighted by Gasteiger charge is 1.98. The van der Waals surface area contributed by atoms with Gasteiger partial charge < -0.3 is 5.73 Å². The van der Waals surface area contributed by atoms with Gasteiger partial charge in [0.15, 0.2) is 0 Å². The lowest BCUT2D eigenvalue weighted by atomic mass is 10.5. The van der Waals surface area contributed by atoms with Crippen molar-refractivity contribution in [2.45, 2.75) is 6.42 Å². The minimum atomic E-state index is 0.861. The Kier molecular flexibility index (Phi) is 1.19. The number of halogens is 1. The molecule has 0 radical (unpaired) electrons. The summed E-state index contributed by atoms with van der Waals surface area (Å²) in [6.45, 7) is 0. The Bertz CT molecular complexity index is 135. The van der Waals surface area contributed by atoms with Gasteiger partial charge in [-0.25, -0.2) is 0 Å². The molecule has 7 heavy (non-hydrogen) atoms. The molecule has 0 fully saturated rings. The van der Waals surface area contributed by atoms with E-state index in [-0.39, 0.29) is 0 Å². The molecular formula is C5H6BrN. The zero-order chi connectivity index (χ0) is 5.28. The first-order valence-corrected chi connectivity index (χ1v) is 2.90. The Morgan fingerprint density at radius 1 is 1.71 bits per heavy atom. The molecule has 2 N–H and O–H groups in total. The van der Waals surface area contributed by atoms with Gasteiger partial charge in [-0.1, -0.05) is 22.0 Å². The molecule has 1 rings (SSSR count). The first kappa shape index (κ1) is 4.91. The van der Waals surface area contributed by atoms with Gasteiger partial charge in [-0.15, -0.1) is 0 Å². The van der Waals surface area contributed by atoms with Crippen molar-refractivity contribution in [2.75, 3.05) is 0 Å². The van der Waals surface area contributed by atoms with Gasteiger partial charge in [0.05, 0.1) is 0 Å². The highest BCUT2D eigenvalue weighted by molar-refractivity contribution is 9.11. The highest BCUT2D eigenvalue weighted by atomic mass is 79.9. The van der Waals surface area contributed by atoms with E-state index >= 15 is 0 Å². The van der Waals surface area contributed by atoms with Crippen LogP contribution in [0.15, 0.2) is 22.3 Å². The lowest BCUT2D eigenvalue weighted by Gasteiger charge is -1.85. The minimum absolute atomic E-state index is 0.861. The maximum atomic E-state index is 5.42. The summed E-state index contributed by atoms with van der Waals surface area (Å²) < 4.78 is 1.10. The van der Waals surface area contributed by atoms with Crippen LogP contribution in [-0.2, 0) is 0 Å². The Morgan fingerprint density at radius 2 is 2.43 bits per heavy atom. The van der Waals surface area contributed by atoms with E-state index in [9.17, 15) is 0 Å². The lowest BCUT2D eigenvalue weighted by molar-refractivity contribution is 1.36. The smallest absolute Gasteiger partial charge is 0.0417 e. The third-order valence-electron chi connectivity index (χ3n) is 0.908. The van der Waals surface area contributed by atoms with Crippen LogP contribution in [0.5, 0.6) is 0 Å². The molecular weight excluding hydrogens is 154 g/mol. The van der Waals surface area contributed by atoms with Crippen LogP contribution in [0.3, 0.4) is 0 Å². The van der Waals surface area contributed by atoms with Gasteiger partial charge in [-0.05, 0) is 12.5 Å². The summed E-state index contributed by atoms with van der Waals surface area (Å²) in [5, 5.41) is 0. The molecule has 1 nitrogen and oxygen atoms in total. The van der Waals surface area contributed by atoms with Crippen molar-refractivity contribution in [1.29, 1.82) is 0 Å². The first-order chi connectivity index (χ1) is 3.30. The van der Waals surface area contributed by atoms with Crippen molar-refractivity contribution in [2.24, 2.45) is 5.73 Å². The van der Waals surface area contributed by atoms with Crippen LogP contribution < -0.4 is 5.73 Å². The number of rotatable bonds is 0. The van der Waals surface area contributed by atoms with Crippen LogP contribution in [0.1, 0.15) is 6.42 Å². The van der Waals surface area contributed by atoms with Crippen LogP contribution in [0.25, 0.3) is 0 Å². The van der Waals surface area contributed by atoms with Crippen molar-refractivity contribution in [3.05, 3.63) is 22.3 Å². The van der Waals surface area contributed by atoms with Gasteiger partial charge in [0, 0.05) is 10.2 Å². The molecule has 0 spiro atoms. The zero-order valence-electron chi connectivity index (χ0n) is 3.82. The van der Waals surface area contributed by atoms with Crippen LogP contribution in [0.4, 0.5) is 0 Å². The Labute approximate surface area is 51.0 Å². The van der Waals surface area contributed by atoms with Crippen molar-refractivity contribution in [1.82, 2.24) is 0 Å². The van der Waals surface area contributed by atoms with E-state index in [4.69, 9.17) is 5.73 Å². The molecule has 38 valence electrons. The molecule has 0 aliphatic heterocycles. The number of hydrogen-bond donors (Lipinski definition) is 1. The quantitative estimate of drug-likeness (QED) is 0.571. The summed E-state index contributed by atoms with van der Waals surface area (Å²) in [5.41, 5.74) is 6.29. The second-order valence-corrected chi connectivity index (χ2v) is 2.42. The Morgan fingerprint density at radius 3 is 2.57 bits per heavy atom. The predicted molar refractivity (Wildman–Crippen MR) is 33.9 cm³/mol. The van der Waals surface area contributed by atoms with Gasteiger partial charge in [0.2, 0.25) is 0 Å². The van der Waals surface area contributed by atoms with Gasteiger partial charge in [-0.3, -0.25) is 0 Å². The highest BCUT2D eigenvalue weighted by Crippen LogP contribution is 2.19. The molecule has 0 aromatic rings. The molecule has 1 aliphatic carbocycles. The second-order valence-electron chi connectivity index (χ2n) is 1.47. The SMILES string of the molecule is NC1=C(Br)CC=C1. The van der Waals surface area contributed by atoms with E-state index in [2.05, 4.69) is 15.9 Å².